The van der Waals surface area contributed by atoms with Crippen LogP contribution < -0.4 is 46.5 Å². The Hall–Kier alpha value is -2.19. The number of carbonyl (C=O) groups is 9. The van der Waals surface area contributed by atoms with Crippen molar-refractivity contribution in [2.45, 2.75) is 74.9 Å². The van der Waals surface area contributed by atoms with Crippen LogP contribution in [0.4, 0.5) is 0 Å². The number of benzene rings is 1. The van der Waals surface area contributed by atoms with Crippen LogP contribution >= 0.6 is 98.3 Å². The van der Waals surface area contributed by atoms with E-state index in [1.54, 1.807) is 0 Å². The van der Waals surface area contributed by atoms with Crippen molar-refractivity contribution >= 4 is 148 Å². The number of thiol groups is 4. The van der Waals surface area contributed by atoms with E-state index in [1.807, 2.05) is 0 Å². The second-order valence-electron chi connectivity index (χ2n) is 12.0. The fraction of sp³-hybridized carbons (Fsp3) is 0.516. The third-order valence-corrected chi connectivity index (χ3v) is 12.5. The van der Waals surface area contributed by atoms with Gasteiger partial charge in [0.15, 0.2) is 0 Å². The molecule has 0 aromatic heterocycles. The molecule has 0 radical (unpaired) electrons. The molecule has 13 N–H and O–H groups in total. The highest BCUT2D eigenvalue weighted by atomic mass is 32.2. The summed E-state index contributed by atoms with van der Waals surface area (Å²) in [4.78, 5) is 113. The fourth-order valence-electron chi connectivity index (χ4n) is 4.10. The molecule has 7 atom stereocenters. The molecule has 59 heavy (non-hydrogen) atoms. The Bertz CT molecular complexity index is 1620. The molecule has 0 aliphatic rings. The number of aromatic hydroxyl groups is 1. The van der Waals surface area contributed by atoms with Gasteiger partial charge in [-0.2, -0.15) is 50.5 Å². The summed E-state index contributed by atoms with van der Waals surface area (Å²) in [5.41, 5.74) is 7.91. The Labute approximate surface area is 379 Å². The van der Waals surface area contributed by atoms with Crippen LogP contribution in [0.15, 0.2) is 24.3 Å². The van der Waals surface area contributed by atoms with Crippen LogP contribution in [0.25, 0.3) is 0 Å². The molecule has 330 valence electrons. The zero-order valence-corrected chi connectivity index (χ0v) is 38.0. The van der Waals surface area contributed by atoms with Gasteiger partial charge in [0.1, 0.15) is 23.6 Å². The second kappa shape index (κ2) is 30.0. The molecule has 0 heterocycles. The van der Waals surface area contributed by atoms with Crippen LogP contribution in [0.2, 0.25) is 0 Å². The summed E-state index contributed by atoms with van der Waals surface area (Å²) in [5, 5.41) is 21.8. The van der Waals surface area contributed by atoms with Crippen LogP contribution in [-0.2, 0) is 49.6 Å². The number of nitrogens with one attached hydrogen (secondary N) is 7. The number of phenols is 1. The predicted octanol–water partition coefficient (Wildman–Crippen LogP) is -1.68. The monoisotopic (exact) mass is 977 g/mol. The number of hydrogen-bond donors (Lipinski definition) is 15. The number of amides is 3. The highest BCUT2D eigenvalue weighted by molar-refractivity contribution is 8.14. The number of hydrogen-bond acceptors (Lipinski definition) is 24. The Balaban J connectivity index is 3.14. The molecule has 1 aromatic rings. The molecule has 0 fully saturated rings. The molecule has 28 heteroatoms. The third kappa shape index (κ3) is 21.4. The summed E-state index contributed by atoms with van der Waals surface area (Å²) in [6, 6.07) is -2.28. The van der Waals surface area contributed by atoms with Gasteiger partial charge in [-0.3, -0.25) is 49.0 Å². The Kier molecular flexibility index (Phi) is 27.8. The van der Waals surface area contributed by atoms with Gasteiger partial charge in [0.05, 0.1) is 30.2 Å². The number of hydrazine groups is 1. The average molecular weight is 978 g/mol. The highest BCUT2D eigenvalue weighted by Crippen LogP contribution is 2.16. The number of Topliss-reactive ketones (excluding diaryl/α,β-unsaturated/α-hetero) is 1. The lowest BCUT2D eigenvalue weighted by Gasteiger charge is -2.25. The molecule has 0 aliphatic heterocycles. The number of primary amides is 1. The molecular weight excluding hydrogens is 931 g/mol. The minimum absolute atomic E-state index is 0.0726. The fourth-order valence-corrected chi connectivity index (χ4v) is 9.07. The predicted molar refractivity (Wildman–Crippen MR) is 242 cm³/mol. The van der Waals surface area contributed by atoms with Gasteiger partial charge in [0.2, 0.25) is 38.2 Å². The van der Waals surface area contributed by atoms with Gasteiger partial charge >= 0.3 is 5.97 Å². The van der Waals surface area contributed by atoms with E-state index in [0.29, 0.717) is 53.4 Å². The first-order valence-corrected chi connectivity index (χ1v) is 22.8. The number of ketones is 1. The maximum Gasteiger partial charge on any atom is 0.303 e. The summed E-state index contributed by atoms with van der Waals surface area (Å²) < 4.78 is 10.5. The van der Waals surface area contributed by atoms with Gasteiger partial charge < -0.3 is 26.6 Å². The molecule has 0 saturated heterocycles. The van der Waals surface area contributed by atoms with Crippen LogP contribution in [0.5, 0.6) is 5.75 Å². The quantitative estimate of drug-likeness (QED) is 0.0184. The first kappa shape index (κ1) is 54.8. The SMILES string of the molecule is CC(=O)[C@H](CC(N)=O)NSC(=O)[C@H](CS)NSC(=O)[C@H](CS)NC(=O)[C@H](Cc1ccc(O)cc1)NC(=O)[C@H](CCC(=O)O)NSC(=O)[C@H](CS)NSC(=O)[C@H](CS)NN. The first-order chi connectivity index (χ1) is 27.9. The second-order valence-corrected chi connectivity index (χ2v) is 16.9. The van der Waals surface area contributed by atoms with Crippen molar-refractivity contribution in [1.29, 1.82) is 0 Å². The lowest BCUT2D eigenvalue weighted by Crippen LogP contribution is -2.56. The largest absolute Gasteiger partial charge is 0.508 e. The van der Waals surface area contributed by atoms with E-state index in [9.17, 15) is 53.4 Å². The minimum atomic E-state index is -1.40. The molecule has 20 nitrogen and oxygen atoms in total. The van der Waals surface area contributed by atoms with Crippen molar-refractivity contribution in [3.05, 3.63) is 29.8 Å². The van der Waals surface area contributed by atoms with E-state index in [0.717, 1.165) is 0 Å². The number of carbonyl (C=O) groups excluding carboxylic acids is 8. The number of nitrogens with two attached hydrogens (primary N) is 2. The standard InChI is InChI=1S/C31H47N9O11S8/c1-14(41)18(9-24(32)43)38-59-31(51)23(13-55)39-56-28(48)20(10-52)35-27(47)19(8-15-2-4-16(42)5-3-15)34-26(46)17(6-7-25(44)45)37-58-30(50)22(12-54)40-57-29(49)21(11-53)36-33/h2-5,17-23,36-40,42,52-55H,6-13,33H2,1H3,(H2,32,43)(H,34,46)(H,35,47)(H,44,45)/t17-,18-,19-,20-,21-,22-,23-/m0/s1. The smallest absolute Gasteiger partial charge is 0.303 e. The molecule has 3 amide bonds. The topological polar surface area (TPSA) is 330 Å². The van der Waals surface area contributed by atoms with Gasteiger partial charge in [-0.15, -0.1) is 0 Å². The van der Waals surface area contributed by atoms with Crippen LogP contribution in [-0.4, -0.2) is 125 Å². The lowest BCUT2D eigenvalue weighted by atomic mass is 10.0. The molecule has 1 rings (SSSR count). The van der Waals surface area contributed by atoms with Crippen molar-refractivity contribution in [3.63, 3.8) is 0 Å². The molecule has 0 spiro atoms. The van der Waals surface area contributed by atoms with Gasteiger partial charge in [-0.1, -0.05) is 12.1 Å². The average Bonchev–Trinajstić information content (AvgIpc) is 3.19. The molecule has 0 bridgehead atoms. The zero-order chi connectivity index (χ0) is 44.7. The van der Waals surface area contributed by atoms with Gasteiger partial charge in [-0.25, -0.2) is 24.3 Å². The number of phenolic OH excluding ortho intramolecular Hbond substituents is 1. The van der Waals surface area contributed by atoms with Crippen molar-refractivity contribution in [1.82, 2.24) is 34.9 Å². The Morgan fingerprint density at radius 2 is 1.03 bits per heavy atom. The van der Waals surface area contributed by atoms with Crippen molar-refractivity contribution in [2.75, 3.05) is 23.0 Å². The summed E-state index contributed by atoms with van der Waals surface area (Å²) in [7, 11) is 0. The highest BCUT2D eigenvalue weighted by Gasteiger charge is 2.32. The number of rotatable bonds is 29. The van der Waals surface area contributed by atoms with Crippen LogP contribution in [0.1, 0.15) is 31.7 Å². The number of aliphatic carboxylic acids is 1. The van der Waals surface area contributed by atoms with E-state index in [1.165, 1.54) is 31.2 Å². The van der Waals surface area contributed by atoms with E-state index in [4.69, 9.17) is 11.6 Å². The van der Waals surface area contributed by atoms with Gasteiger partial charge in [0, 0.05) is 42.3 Å². The van der Waals surface area contributed by atoms with Crippen molar-refractivity contribution < 1.29 is 53.4 Å². The number of carboxylic acids is 1. The Morgan fingerprint density at radius 3 is 1.46 bits per heavy atom. The lowest BCUT2D eigenvalue weighted by molar-refractivity contribution is -0.137. The van der Waals surface area contributed by atoms with E-state index in [2.05, 4.69) is 85.5 Å². The van der Waals surface area contributed by atoms with E-state index >= 15 is 0 Å². The van der Waals surface area contributed by atoms with Crippen LogP contribution in [0, 0.1) is 0 Å². The van der Waals surface area contributed by atoms with E-state index < -0.39 is 98.6 Å². The first-order valence-electron chi connectivity index (χ1n) is 17.0. The molecule has 0 unspecified atom stereocenters. The van der Waals surface area contributed by atoms with Gasteiger partial charge in [0.25, 0.3) is 0 Å². The maximum absolute atomic E-state index is 13.7. The van der Waals surface area contributed by atoms with Crippen molar-refractivity contribution in [2.24, 2.45) is 11.6 Å². The minimum Gasteiger partial charge on any atom is -0.508 e. The molecular formula is C31H47N9O11S8. The van der Waals surface area contributed by atoms with Crippen molar-refractivity contribution in [3.8, 4) is 5.75 Å². The molecule has 0 aliphatic carbocycles. The molecule has 0 saturated carbocycles. The third-order valence-electron chi connectivity index (χ3n) is 7.46. The van der Waals surface area contributed by atoms with Gasteiger partial charge in [-0.05, 0) is 78.8 Å². The summed E-state index contributed by atoms with van der Waals surface area (Å²) in [6.07, 6.45) is -1.36. The zero-order valence-electron chi connectivity index (χ0n) is 31.2. The summed E-state index contributed by atoms with van der Waals surface area (Å²) >= 11 is 18.5. The molecule has 1 aromatic carbocycles. The number of carboxylic acid groups (broad SMARTS) is 1. The summed E-state index contributed by atoms with van der Waals surface area (Å²) in [6.45, 7) is 1.21. The summed E-state index contributed by atoms with van der Waals surface area (Å²) in [5.74, 6) is 0.747. The normalized spacial score (nSPS) is 14.7. The van der Waals surface area contributed by atoms with Crippen LogP contribution in [0.3, 0.4) is 0 Å². The van der Waals surface area contributed by atoms with E-state index in [-0.39, 0.29) is 48.0 Å². The maximum atomic E-state index is 13.7. The Morgan fingerprint density at radius 1 is 0.627 bits per heavy atom.